The molecule has 0 aliphatic carbocycles. The molecule has 2 aromatic carbocycles. The molecule has 1 unspecified atom stereocenters. The van der Waals surface area contributed by atoms with Gasteiger partial charge in [-0.05, 0) is 24.6 Å². The second kappa shape index (κ2) is 7.09. The molecule has 1 aliphatic heterocycles. The number of aryl methyl sites for hydroxylation is 1. The highest BCUT2D eigenvalue weighted by atomic mass is 19.1. The fourth-order valence-corrected chi connectivity index (χ4v) is 3.08. The number of halogens is 1. The van der Waals surface area contributed by atoms with Gasteiger partial charge in [-0.3, -0.25) is 9.59 Å². The van der Waals surface area contributed by atoms with E-state index in [2.05, 4.69) is 0 Å². The Morgan fingerprint density at radius 3 is 2.27 bits per heavy atom. The third kappa shape index (κ3) is 3.11. The van der Waals surface area contributed by atoms with E-state index in [1.807, 2.05) is 6.92 Å². The van der Waals surface area contributed by atoms with Gasteiger partial charge in [0.05, 0.1) is 18.2 Å². The summed E-state index contributed by atoms with van der Waals surface area (Å²) >= 11 is 0. The average molecular weight is 355 g/mol. The Morgan fingerprint density at radius 2 is 1.69 bits per heavy atom. The van der Waals surface area contributed by atoms with Gasteiger partial charge in [0.1, 0.15) is 11.6 Å². The van der Waals surface area contributed by atoms with Crippen LogP contribution in [0.15, 0.2) is 54.1 Å². The maximum Gasteiger partial charge on any atom is 0.295 e. The number of amides is 1. The number of aliphatic hydroxyl groups is 2. The molecule has 1 amide bonds. The normalized spacial score (nSPS) is 19.2. The minimum atomic E-state index is -0.885. The van der Waals surface area contributed by atoms with Crippen LogP contribution in [0.25, 0.3) is 5.76 Å². The lowest BCUT2D eigenvalue weighted by Gasteiger charge is -2.24. The molecule has 134 valence electrons. The first kappa shape index (κ1) is 17.8. The Bertz CT molecular complexity index is 872. The largest absolute Gasteiger partial charge is 0.507 e. The lowest BCUT2D eigenvalue weighted by Crippen LogP contribution is -2.32. The number of ketones is 1. The van der Waals surface area contributed by atoms with Gasteiger partial charge in [-0.15, -0.1) is 0 Å². The number of nitrogens with zero attached hydrogens (tertiary/aromatic N) is 1. The topological polar surface area (TPSA) is 77.8 Å². The molecule has 0 saturated carbocycles. The molecule has 1 aliphatic rings. The van der Waals surface area contributed by atoms with Gasteiger partial charge in [0.15, 0.2) is 0 Å². The summed E-state index contributed by atoms with van der Waals surface area (Å²) in [5.74, 6) is -2.38. The van der Waals surface area contributed by atoms with E-state index in [0.29, 0.717) is 11.1 Å². The van der Waals surface area contributed by atoms with E-state index >= 15 is 0 Å². The molecule has 0 bridgehead atoms. The quantitative estimate of drug-likeness (QED) is 0.502. The Labute approximate surface area is 150 Å². The molecule has 5 nitrogen and oxygen atoms in total. The van der Waals surface area contributed by atoms with Crippen molar-refractivity contribution in [3.05, 3.63) is 76.6 Å². The van der Waals surface area contributed by atoms with E-state index in [4.69, 9.17) is 0 Å². The van der Waals surface area contributed by atoms with Crippen LogP contribution in [0.4, 0.5) is 4.39 Å². The summed E-state index contributed by atoms with van der Waals surface area (Å²) in [6.45, 7) is 1.48. The fourth-order valence-electron chi connectivity index (χ4n) is 3.08. The van der Waals surface area contributed by atoms with E-state index < -0.39 is 23.5 Å². The number of likely N-dealkylation sites (tertiary alicyclic amines) is 1. The highest BCUT2D eigenvalue weighted by molar-refractivity contribution is 6.46. The van der Waals surface area contributed by atoms with Gasteiger partial charge in [-0.2, -0.15) is 0 Å². The summed E-state index contributed by atoms with van der Waals surface area (Å²) in [6.07, 6.45) is 0. The van der Waals surface area contributed by atoms with Gasteiger partial charge in [0.2, 0.25) is 0 Å². The van der Waals surface area contributed by atoms with Crippen molar-refractivity contribution < 1.29 is 24.2 Å². The Kier molecular flexibility index (Phi) is 4.86. The molecule has 6 heteroatoms. The van der Waals surface area contributed by atoms with Crippen LogP contribution in [0, 0.1) is 12.7 Å². The zero-order valence-corrected chi connectivity index (χ0v) is 14.1. The maximum atomic E-state index is 13.3. The highest BCUT2D eigenvalue weighted by Crippen LogP contribution is 2.39. The van der Waals surface area contributed by atoms with Gasteiger partial charge in [-0.1, -0.05) is 42.0 Å². The van der Waals surface area contributed by atoms with E-state index in [1.54, 1.807) is 24.3 Å². The molecule has 0 radical (unpaired) electrons. The summed E-state index contributed by atoms with van der Waals surface area (Å²) in [5.41, 5.74) is 1.80. The standard InChI is InChI=1S/C20H18FNO4/c1-12-2-4-14(5-3-12)18(24)16-17(13-6-8-15(21)9-7-13)22(10-11-23)20(26)19(16)25/h2-9,17,23-24H,10-11H2,1H3/b18-16-. The van der Waals surface area contributed by atoms with Crippen LogP contribution < -0.4 is 0 Å². The van der Waals surface area contributed by atoms with E-state index in [1.165, 1.54) is 29.2 Å². The van der Waals surface area contributed by atoms with Crippen molar-refractivity contribution in [1.82, 2.24) is 4.90 Å². The Hall–Kier alpha value is -2.99. The number of aliphatic hydroxyl groups excluding tert-OH is 2. The van der Waals surface area contributed by atoms with E-state index in [9.17, 15) is 24.2 Å². The molecule has 2 aromatic rings. The average Bonchev–Trinajstić information content (AvgIpc) is 2.88. The van der Waals surface area contributed by atoms with Crippen molar-refractivity contribution in [1.29, 1.82) is 0 Å². The van der Waals surface area contributed by atoms with Crippen molar-refractivity contribution in [3.63, 3.8) is 0 Å². The van der Waals surface area contributed by atoms with Crippen molar-refractivity contribution in [2.75, 3.05) is 13.2 Å². The predicted octanol–water partition coefficient (Wildman–Crippen LogP) is 2.55. The lowest BCUT2D eigenvalue weighted by molar-refractivity contribution is -0.140. The first-order chi connectivity index (χ1) is 12.4. The summed E-state index contributed by atoms with van der Waals surface area (Å²) < 4.78 is 13.3. The van der Waals surface area contributed by atoms with Gasteiger partial charge in [0, 0.05) is 12.1 Å². The summed E-state index contributed by atoms with van der Waals surface area (Å²) in [5, 5.41) is 20.0. The molecule has 2 N–H and O–H groups in total. The van der Waals surface area contributed by atoms with Crippen molar-refractivity contribution >= 4 is 17.4 Å². The summed E-state index contributed by atoms with van der Waals surface area (Å²) in [7, 11) is 0. The second-order valence-electron chi connectivity index (χ2n) is 6.13. The van der Waals surface area contributed by atoms with Gasteiger partial charge in [-0.25, -0.2) is 4.39 Å². The monoisotopic (exact) mass is 355 g/mol. The van der Waals surface area contributed by atoms with Crippen LogP contribution in [-0.2, 0) is 9.59 Å². The number of carbonyl (C=O) groups is 2. The van der Waals surface area contributed by atoms with Gasteiger partial charge in [0.25, 0.3) is 11.7 Å². The van der Waals surface area contributed by atoms with Crippen LogP contribution in [0.1, 0.15) is 22.7 Å². The number of hydrogen-bond donors (Lipinski definition) is 2. The fraction of sp³-hybridized carbons (Fsp3) is 0.200. The lowest BCUT2D eigenvalue weighted by atomic mass is 9.95. The molecule has 1 saturated heterocycles. The second-order valence-corrected chi connectivity index (χ2v) is 6.13. The third-order valence-corrected chi connectivity index (χ3v) is 4.39. The molecule has 3 rings (SSSR count). The van der Waals surface area contributed by atoms with Crippen LogP contribution >= 0.6 is 0 Å². The van der Waals surface area contributed by atoms with Crippen LogP contribution in [0.2, 0.25) is 0 Å². The minimum Gasteiger partial charge on any atom is -0.507 e. The molecule has 1 atom stereocenters. The van der Waals surface area contributed by atoms with E-state index in [-0.39, 0.29) is 24.5 Å². The predicted molar refractivity (Wildman–Crippen MR) is 93.7 cm³/mol. The maximum absolute atomic E-state index is 13.3. The van der Waals surface area contributed by atoms with Gasteiger partial charge < -0.3 is 15.1 Å². The van der Waals surface area contributed by atoms with Crippen molar-refractivity contribution in [2.45, 2.75) is 13.0 Å². The van der Waals surface area contributed by atoms with Crippen LogP contribution in [-0.4, -0.2) is 40.0 Å². The van der Waals surface area contributed by atoms with Crippen molar-refractivity contribution in [3.8, 4) is 0 Å². The minimum absolute atomic E-state index is 0.0705. The molecule has 1 fully saturated rings. The zero-order chi connectivity index (χ0) is 18.8. The number of benzene rings is 2. The van der Waals surface area contributed by atoms with Crippen LogP contribution in [0.5, 0.6) is 0 Å². The number of Topliss-reactive ketones (excluding diaryl/α,β-unsaturated/α-hetero) is 1. The number of carbonyl (C=O) groups excluding carboxylic acids is 2. The van der Waals surface area contributed by atoms with Gasteiger partial charge >= 0.3 is 0 Å². The first-order valence-corrected chi connectivity index (χ1v) is 8.16. The molecule has 0 spiro atoms. The highest BCUT2D eigenvalue weighted by Gasteiger charge is 2.45. The Balaban J connectivity index is 2.17. The number of β-amino-alcohol motifs (C(OH)–C–C–N with tert-alkyl or cyclic N) is 1. The van der Waals surface area contributed by atoms with Crippen molar-refractivity contribution in [2.24, 2.45) is 0 Å². The molecule has 0 aromatic heterocycles. The first-order valence-electron chi connectivity index (χ1n) is 8.16. The number of hydrogen-bond acceptors (Lipinski definition) is 4. The van der Waals surface area contributed by atoms with Crippen LogP contribution in [0.3, 0.4) is 0 Å². The smallest absolute Gasteiger partial charge is 0.295 e. The zero-order valence-electron chi connectivity index (χ0n) is 14.1. The summed E-state index contributed by atoms with van der Waals surface area (Å²) in [6, 6.07) is 11.4. The molecular formula is C20H18FNO4. The Morgan fingerprint density at radius 1 is 1.08 bits per heavy atom. The molecular weight excluding hydrogens is 337 g/mol. The number of rotatable bonds is 4. The molecule has 26 heavy (non-hydrogen) atoms. The molecule has 1 heterocycles. The third-order valence-electron chi connectivity index (χ3n) is 4.39. The summed E-state index contributed by atoms with van der Waals surface area (Å²) in [4.78, 5) is 26.1. The van der Waals surface area contributed by atoms with E-state index in [0.717, 1.165) is 5.56 Å². The SMILES string of the molecule is Cc1ccc(/C(O)=C2/C(=O)C(=O)N(CCO)C2c2ccc(F)cc2)cc1.